The minimum atomic E-state index is -0.735. The summed E-state index contributed by atoms with van der Waals surface area (Å²) in [5, 5.41) is 1.43. The highest BCUT2D eigenvalue weighted by molar-refractivity contribution is 9.11. The number of nitrogens with zero attached hydrogens (tertiary/aromatic N) is 3. The second-order valence-corrected chi connectivity index (χ2v) is 8.23. The van der Waals surface area contributed by atoms with Crippen molar-refractivity contribution in [2.45, 2.75) is 30.7 Å². The molecule has 0 bridgehead atoms. The maximum atomic E-state index is 13.5. The molecule has 2 aliphatic heterocycles. The summed E-state index contributed by atoms with van der Waals surface area (Å²) >= 11 is 5.35. The van der Waals surface area contributed by atoms with Gasteiger partial charge in [-0.1, -0.05) is 33.8 Å². The molecule has 0 aromatic carbocycles. The third-order valence-corrected chi connectivity index (χ3v) is 6.14. The number of halogens is 2. The Morgan fingerprint density at radius 2 is 2.22 bits per heavy atom. The minimum absolute atomic E-state index is 0.401. The zero-order valence-corrected chi connectivity index (χ0v) is 15.0. The van der Waals surface area contributed by atoms with Crippen molar-refractivity contribution in [2.24, 2.45) is 4.99 Å². The van der Waals surface area contributed by atoms with Crippen LogP contribution in [0.1, 0.15) is 24.8 Å². The molecule has 0 radical (unpaired) electrons. The molecule has 3 heterocycles. The van der Waals surface area contributed by atoms with E-state index in [9.17, 15) is 4.39 Å². The van der Waals surface area contributed by atoms with Gasteiger partial charge in [-0.3, -0.25) is 0 Å². The minimum Gasteiger partial charge on any atom is -0.354 e. The van der Waals surface area contributed by atoms with Gasteiger partial charge in [-0.25, -0.2) is 14.4 Å². The first-order valence-corrected chi connectivity index (χ1v) is 9.53. The fraction of sp³-hybridized carbons (Fsp3) is 0.412. The van der Waals surface area contributed by atoms with Gasteiger partial charge in [0.25, 0.3) is 0 Å². The van der Waals surface area contributed by atoms with Gasteiger partial charge in [0.05, 0.1) is 17.5 Å². The lowest BCUT2D eigenvalue weighted by Crippen LogP contribution is -2.36. The SMILES string of the molecule is F[C@H]1CCCN(c2ccc(C3=NC4=CC=C(Br)CC4S3)cn2)C1. The number of pyridine rings is 1. The molecule has 1 saturated heterocycles. The van der Waals surface area contributed by atoms with Gasteiger partial charge in [0.1, 0.15) is 17.0 Å². The van der Waals surface area contributed by atoms with E-state index in [0.29, 0.717) is 18.2 Å². The highest BCUT2D eigenvalue weighted by Crippen LogP contribution is 2.40. The Morgan fingerprint density at radius 3 is 3.00 bits per heavy atom. The Bertz CT molecular complexity index is 698. The molecule has 3 aliphatic rings. The number of thioether (sulfide) groups is 1. The first-order valence-electron chi connectivity index (χ1n) is 7.86. The van der Waals surface area contributed by atoms with Crippen LogP contribution in [0.5, 0.6) is 0 Å². The number of rotatable bonds is 2. The molecule has 1 unspecified atom stereocenters. The van der Waals surface area contributed by atoms with Gasteiger partial charge in [-0.05, 0) is 42.0 Å². The van der Waals surface area contributed by atoms with Crippen LogP contribution in [-0.4, -0.2) is 34.5 Å². The Hall–Kier alpha value is -1.14. The molecule has 0 N–H and O–H groups in total. The summed E-state index contributed by atoms with van der Waals surface area (Å²) in [4.78, 5) is 11.3. The average molecular weight is 394 g/mol. The van der Waals surface area contributed by atoms with E-state index in [1.165, 1.54) is 4.48 Å². The lowest BCUT2D eigenvalue weighted by molar-refractivity contribution is 0.286. The summed E-state index contributed by atoms with van der Waals surface area (Å²) in [6.07, 6.45) is 7.83. The van der Waals surface area contributed by atoms with E-state index in [0.717, 1.165) is 41.5 Å². The lowest BCUT2D eigenvalue weighted by atomic mass is 10.1. The van der Waals surface area contributed by atoms with Crippen LogP contribution in [-0.2, 0) is 0 Å². The van der Waals surface area contributed by atoms with Gasteiger partial charge in [-0.2, -0.15) is 0 Å². The number of aliphatic imine (C=N–C) groups is 1. The number of allylic oxidation sites excluding steroid dienone is 3. The molecule has 0 amide bonds. The summed E-state index contributed by atoms with van der Waals surface area (Å²) in [6.45, 7) is 1.34. The standard InChI is InChI=1S/C17H17BrFN3S/c18-12-4-5-14-15(8-12)23-17(21-14)11-3-6-16(20-9-11)22-7-1-2-13(19)10-22/h3-6,9,13,15H,1-2,7-8,10H2/t13-,15?/m0/s1. The highest BCUT2D eigenvalue weighted by Gasteiger charge is 2.28. The van der Waals surface area contributed by atoms with Gasteiger partial charge >= 0.3 is 0 Å². The second-order valence-electron chi connectivity index (χ2n) is 6.02. The fourth-order valence-corrected chi connectivity index (χ4v) is 4.96. The molecule has 2 atom stereocenters. The number of anilines is 1. The van der Waals surface area contributed by atoms with Crippen molar-refractivity contribution < 1.29 is 4.39 Å². The third kappa shape index (κ3) is 3.24. The molecule has 6 heteroatoms. The van der Waals surface area contributed by atoms with Crippen molar-refractivity contribution in [3.63, 3.8) is 0 Å². The molecule has 1 aliphatic carbocycles. The molecule has 1 fully saturated rings. The Kier molecular flexibility index (Phi) is 4.28. The van der Waals surface area contributed by atoms with Crippen molar-refractivity contribution in [3.05, 3.63) is 46.2 Å². The van der Waals surface area contributed by atoms with Gasteiger partial charge < -0.3 is 4.90 Å². The summed E-state index contributed by atoms with van der Waals surface area (Å²) in [6, 6.07) is 4.04. The molecule has 23 heavy (non-hydrogen) atoms. The number of fused-ring (bicyclic) bond motifs is 1. The Balaban J connectivity index is 1.51. The Morgan fingerprint density at radius 1 is 1.30 bits per heavy atom. The van der Waals surface area contributed by atoms with Crippen molar-refractivity contribution in [1.82, 2.24) is 4.98 Å². The second kappa shape index (κ2) is 6.40. The van der Waals surface area contributed by atoms with E-state index in [1.54, 1.807) is 11.8 Å². The van der Waals surface area contributed by atoms with Gasteiger partial charge in [0, 0.05) is 18.3 Å². The molecule has 1 aromatic heterocycles. The van der Waals surface area contributed by atoms with Crippen LogP contribution in [0.4, 0.5) is 10.2 Å². The van der Waals surface area contributed by atoms with Crippen LogP contribution >= 0.6 is 27.7 Å². The Labute approximate surface area is 147 Å². The van der Waals surface area contributed by atoms with E-state index in [1.807, 2.05) is 17.2 Å². The molecule has 4 rings (SSSR count). The van der Waals surface area contributed by atoms with Crippen LogP contribution in [0.25, 0.3) is 0 Å². The average Bonchev–Trinajstić information content (AvgIpc) is 2.98. The summed E-state index contributed by atoms with van der Waals surface area (Å²) < 4.78 is 14.8. The number of aromatic nitrogens is 1. The van der Waals surface area contributed by atoms with Crippen LogP contribution in [0, 0.1) is 0 Å². The van der Waals surface area contributed by atoms with Crippen LogP contribution in [0.2, 0.25) is 0 Å². The molecule has 0 saturated carbocycles. The summed E-state index contributed by atoms with van der Waals surface area (Å²) in [5.74, 6) is 0.862. The first kappa shape index (κ1) is 15.4. The van der Waals surface area contributed by atoms with Gasteiger partial charge in [0.15, 0.2) is 0 Å². The predicted octanol–water partition coefficient (Wildman–Crippen LogP) is 4.45. The van der Waals surface area contributed by atoms with Gasteiger partial charge in [0.2, 0.25) is 0 Å². The molecule has 120 valence electrons. The largest absolute Gasteiger partial charge is 0.354 e. The topological polar surface area (TPSA) is 28.5 Å². The van der Waals surface area contributed by atoms with E-state index in [2.05, 4.69) is 39.1 Å². The monoisotopic (exact) mass is 393 g/mol. The van der Waals surface area contributed by atoms with Crippen LogP contribution in [0.15, 0.2) is 45.7 Å². The van der Waals surface area contributed by atoms with E-state index < -0.39 is 6.17 Å². The zero-order chi connectivity index (χ0) is 15.8. The van der Waals surface area contributed by atoms with Crippen molar-refractivity contribution in [3.8, 4) is 0 Å². The normalized spacial score (nSPS) is 27.2. The quantitative estimate of drug-likeness (QED) is 0.742. The smallest absolute Gasteiger partial charge is 0.128 e. The van der Waals surface area contributed by atoms with Crippen molar-refractivity contribution >= 4 is 38.6 Å². The lowest BCUT2D eigenvalue weighted by Gasteiger charge is -2.29. The number of hydrogen-bond donors (Lipinski definition) is 0. The number of alkyl halides is 1. The van der Waals surface area contributed by atoms with Gasteiger partial charge in [-0.15, -0.1) is 0 Å². The van der Waals surface area contributed by atoms with E-state index in [-0.39, 0.29) is 0 Å². The van der Waals surface area contributed by atoms with E-state index >= 15 is 0 Å². The molecule has 0 spiro atoms. The summed E-state index contributed by atoms with van der Waals surface area (Å²) in [7, 11) is 0. The first-order chi connectivity index (χ1) is 11.2. The molecule has 1 aromatic rings. The van der Waals surface area contributed by atoms with Crippen molar-refractivity contribution in [2.75, 3.05) is 18.0 Å². The third-order valence-electron chi connectivity index (χ3n) is 4.31. The predicted molar refractivity (Wildman–Crippen MR) is 98.2 cm³/mol. The van der Waals surface area contributed by atoms with E-state index in [4.69, 9.17) is 4.99 Å². The zero-order valence-electron chi connectivity index (χ0n) is 12.6. The molecule has 3 nitrogen and oxygen atoms in total. The highest BCUT2D eigenvalue weighted by atomic mass is 79.9. The molecular weight excluding hydrogens is 377 g/mol. The molecular formula is C17H17BrFN3S. The van der Waals surface area contributed by atoms with Crippen LogP contribution in [0.3, 0.4) is 0 Å². The fourth-order valence-electron chi connectivity index (χ4n) is 3.09. The number of piperidine rings is 1. The maximum Gasteiger partial charge on any atom is 0.128 e. The maximum absolute atomic E-state index is 13.5. The number of hydrogen-bond acceptors (Lipinski definition) is 4. The van der Waals surface area contributed by atoms with Crippen LogP contribution < -0.4 is 4.90 Å². The van der Waals surface area contributed by atoms with Crippen molar-refractivity contribution in [1.29, 1.82) is 0 Å². The summed E-state index contributed by atoms with van der Waals surface area (Å²) in [5.41, 5.74) is 2.17.